The summed E-state index contributed by atoms with van der Waals surface area (Å²) < 4.78 is 0. The number of hydrogen-bond acceptors (Lipinski definition) is 2. The van der Waals surface area contributed by atoms with Crippen LogP contribution in [0.15, 0.2) is 24.3 Å². The Bertz CT molecular complexity index is 408. The van der Waals surface area contributed by atoms with Gasteiger partial charge in [0.25, 0.3) is 0 Å². The Morgan fingerprint density at radius 3 is 2.50 bits per heavy atom. The zero-order valence-corrected chi connectivity index (χ0v) is 14.6. The zero-order valence-electron chi connectivity index (χ0n) is 13.6. The third kappa shape index (κ3) is 4.72. The average Bonchev–Trinajstić information content (AvgIpc) is 2.38. The van der Waals surface area contributed by atoms with Gasteiger partial charge in [0.05, 0.1) is 8.07 Å². The van der Waals surface area contributed by atoms with E-state index in [1.807, 2.05) is 0 Å². The number of nitrogens with one attached hydrogen (secondary N) is 1. The molecule has 2 rings (SSSR count). The number of rotatable bonds is 5. The van der Waals surface area contributed by atoms with Crippen molar-refractivity contribution in [2.45, 2.75) is 39.0 Å². The van der Waals surface area contributed by atoms with Crippen molar-refractivity contribution in [3.8, 4) is 0 Å². The Labute approximate surface area is 125 Å². The number of nitrogens with zero attached hydrogens (tertiary/aromatic N) is 1. The topological polar surface area (TPSA) is 15.3 Å². The molecule has 1 aliphatic rings. The van der Waals surface area contributed by atoms with Gasteiger partial charge in [0, 0.05) is 13.1 Å². The third-order valence-electron chi connectivity index (χ3n) is 4.30. The molecule has 0 spiro atoms. The molecule has 1 aliphatic heterocycles. The molecule has 112 valence electrons. The summed E-state index contributed by atoms with van der Waals surface area (Å²) in [6, 6.07) is 9.26. The number of piperidine rings is 1. The molecular formula is C17H30N2Si. The molecular weight excluding hydrogens is 260 g/mol. The van der Waals surface area contributed by atoms with E-state index in [-0.39, 0.29) is 0 Å². The standard InChI is InChI=1S/C17H30N2Si/c1-19-11-5-6-16(14-19)13-18-12-15-7-9-17(10-8-15)20(2,3)4/h7-10,16,18H,5-6,11-14H2,1-4H3. The van der Waals surface area contributed by atoms with Crippen LogP contribution < -0.4 is 10.5 Å². The zero-order chi connectivity index (χ0) is 14.6. The van der Waals surface area contributed by atoms with Gasteiger partial charge in [-0.05, 0) is 44.5 Å². The quantitative estimate of drug-likeness (QED) is 0.839. The molecule has 1 aromatic carbocycles. The van der Waals surface area contributed by atoms with E-state index in [0.29, 0.717) is 0 Å². The molecule has 0 bridgehead atoms. The molecule has 0 radical (unpaired) electrons. The minimum absolute atomic E-state index is 0.829. The summed E-state index contributed by atoms with van der Waals surface area (Å²) in [5.41, 5.74) is 1.41. The first-order chi connectivity index (χ1) is 9.45. The Hall–Kier alpha value is -0.643. The molecule has 1 aromatic rings. The molecule has 2 nitrogen and oxygen atoms in total. The van der Waals surface area contributed by atoms with Gasteiger partial charge in [-0.25, -0.2) is 0 Å². The van der Waals surface area contributed by atoms with Crippen molar-refractivity contribution in [2.75, 3.05) is 26.7 Å². The van der Waals surface area contributed by atoms with Crippen molar-refractivity contribution in [1.29, 1.82) is 0 Å². The second-order valence-corrected chi connectivity index (χ2v) is 12.4. The van der Waals surface area contributed by atoms with Gasteiger partial charge in [-0.1, -0.05) is 49.1 Å². The summed E-state index contributed by atoms with van der Waals surface area (Å²) >= 11 is 0. The van der Waals surface area contributed by atoms with Crippen LogP contribution in [0.3, 0.4) is 0 Å². The van der Waals surface area contributed by atoms with Crippen molar-refractivity contribution in [3.63, 3.8) is 0 Å². The van der Waals surface area contributed by atoms with Crippen molar-refractivity contribution < 1.29 is 0 Å². The van der Waals surface area contributed by atoms with Gasteiger partial charge in [-0.2, -0.15) is 0 Å². The maximum Gasteiger partial charge on any atom is 0.0775 e. The van der Waals surface area contributed by atoms with E-state index in [0.717, 1.165) is 19.0 Å². The SMILES string of the molecule is CN1CCCC(CNCc2ccc([Si](C)(C)C)cc2)C1. The highest BCUT2D eigenvalue weighted by atomic mass is 28.3. The third-order valence-corrected chi connectivity index (χ3v) is 6.37. The first kappa shape index (κ1) is 15.7. The number of hydrogen-bond donors (Lipinski definition) is 1. The molecule has 1 unspecified atom stereocenters. The van der Waals surface area contributed by atoms with E-state index in [9.17, 15) is 0 Å². The largest absolute Gasteiger partial charge is 0.312 e. The molecule has 0 saturated carbocycles. The predicted octanol–water partition coefficient (Wildman–Crippen LogP) is 2.66. The van der Waals surface area contributed by atoms with Crippen LogP contribution in [0, 0.1) is 5.92 Å². The van der Waals surface area contributed by atoms with E-state index >= 15 is 0 Å². The molecule has 0 aliphatic carbocycles. The Balaban J connectivity index is 1.77. The van der Waals surface area contributed by atoms with Crippen LogP contribution >= 0.6 is 0 Å². The number of likely N-dealkylation sites (tertiary alicyclic amines) is 1. The van der Waals surface area contributed by atoms with Crippen LogP contribution in [0.1, 0.15) is 18.4 Å². The molecule has 20 heavy (non-hydrogen) atoms. The molecule has 1 fully saturated rings. The van der Waals surface area contributed by atoms with Crippen LogP contribution in [0.4, 0.5) is 0 Å². The van der Waals surface area contributed by atoms with Gasteiger partial charge >= 0.3 is 0 Å². The minimum Gasteiger partial charge on any atom is -0.312 e. The van der Waals surface area contributed by atoms with Gasteiger partial charge < -0.3 is 10.2 Å². The lowest BCUT2D eigenvalue weighted by Crippen LogP contribution is -2.38. The van der Waals surface area contributed by atoms with Gasteiger partial charge in [0.15, 0.2) is 0 Å². The highest BCUT2D eigenvalue weighted by Gasteiger charge is 2.17. The van der Waals surface area contributed by atoms with E-state index < -0.39 is 8.07 Å². The summed E-state index contributed by atoms with van der Waals surface area (Å²) in [5.74, 6) is 0.829. The average molecular weight is 291 g/mol. The van der Waals surface area contributed by atoms with Crippen LogP contribution in [0.5, 0.6) is 0 Å². The van der Waals surface area contributed by atoms with E-state index in [1.165, 1.54) is 31.5 Å². The van der Waals surface area contributed by atoms with Crippen LogP contribution in [0.2, 0.25) is 19.6 Å². The summed E-state index contributed by atoms with van der Waals surface area (Å²) in [4.78, 5) is 2.46. The maximum atomic E-state index is 3.63. The molecule has 0 amide bonds. The molecule has 1 N–H and O–H groups in total. The fourth-order valence-electron chi connectivity index (χ4n) is 2.98. The van der Waals surface area contributed by atoms with Crippen LogP contribution in [0.25, 0.3) is 0 Å². The highest BCUT2D eigenvalue weighted by molar-refractivity contribution is 6.88. The Kier molecular flexibility index (Phi) is 5.41. The van der Waals surface area contributed by atoms with E-state index in [2.05, 4.69) is 61.2 Å². The minimum atomic E-state index is -1.15. The monoisotopic (exact) mass is 290 g/mol. The molecule has 1 saturated heterocycles. The van der Waals surface area contributed by atoms with Crippen LogP contribution in [-0.2, 0) is 6.54 Å². The lowest BCUT2D eigenvalue weighted by molar-refractivity contribution is 0.206. The second-order valence-electron chi connectivity index (χ2n) is 7.35. The first-order valence-electron chi connectivity index (χ1n) is 7.94. The van der Waals surface area contributed by atoms with Gasteiger partial charge in [0.1, 0.15) is 0 Å². The lowest BCUT2D eigenvalue weighted by atomic mass is 9.98. The van der Waals surface area contributed by atoms with Crippen molar-refractivity contribution in [2.24, 2.45) is 5.92 Å². The van der Waals surface area contributed by atoms with E-state index in [1.54, 1.807) is 5.19 Å². The molecule has 3 heteroatoms. The summed E-state index contributed by atoms with van der Waals surface area (Å²) in [7, 11) is 1.09. The fraction of sp³-hybridized carbons (Fsp3) is 0.647. The Morgan fingerprint density at radius 2 is 1.90 bits per heavy atom. The lowest BCUT2D eigenvalue weighted by Gasteiger charge is -2.29. The van der Waals surface area contributed by atoms with Crippen molar-refractivity contribution in [3.05, 3.63) is 29.8 Å². The van der Waals surface area contributed by atoms with Gasteiger partial charge in [-0.15, -0.1) is 0 Å². The van der Waals surface area contributed by atoms with Gasteiger partial charge in [-0.3, -0.25) is 0 Å². The summed E-state index contributed by atoms with van der Waals surface area (Å²) in [5, 5.41) is 5.19. The van der Waals surface area contributed by atoms with Gasteiger partial charge in [0.2, 0.25) is 0 Å². The maximum absolute atomic E-state index is 3.63. The van der Waals surface area contributed by atoms with Crippen molar-refractivity contribution in [1.82, 2.24) is 10.2 Å². The predicted molar refractivity (Wildman–Crippen MR) is 91.3 cm³/mol. The smallest absolute Gasteiger partial charge is 0.0775 e. The molecule has 1 heterocycles. The summed E-state index contributed by atoms with van der Waals surface area (Å²) in [6.45, 7) is 11.9. The normalized spacial score (nSPS) is 21.1. The Morgan fingerprint density at radius 1 is 1.20 bits per heavy atom. The first-order valence-corrected chi connectivity index (χ1v) is 11.4. The van der Waals surface area contributed by atoms with Crippen LogP contribution in [-0.4, -0.2) is 39.7 Å². The molecule has 0 aromatic heterocycles. The van der Waals surface area contributed by atoms with Crippen molar-refractivity contribution >= 4 is 13.3 Å². The highest BCUT2D eigenvalue weighted by Crippen LogP contribution is 2.14. The van der Waals surface area contributed by atoms with E-state index in [4.69, 9.17) is 0 Å². The molecule has 1 atom stereocenters. The fourth-order valence-corrected chi connectivity index (χ4v) is 4.15. The second kappa shape index (κ2) is 6.88. The number of benzene rings is 1. The summed E-state index contributed by atoms with van der Waals surface area (Å²) in [6.07, 6.45) is 2.74.